The minimum absolute atomic E-state index is 0.442. The molecule has 5 nitrogen and oxygen atoms in total. The molecule has 0 aromatic carbocycles. The first kappa shape index (κ1) is 7.17. The maximum Gasteiger partial charge on any atom is 0.232 e. The molecule has 0 fully saturated rings. The van der Waals surface area contributed by atoms with Gasteiger partial charge in [-0.05, 0) is 0 Å². The van der Waals surface area contributed by atoms with Crippen molar-refractivity contribution in [3.8, 4) is 0 Å². The second kappa shape index (κ2) is 3.28. The monoisotopic (exact) mass is 143 g/mol. The van der Waals surface area contributed by atoms with Crippen molar-refractivity contribution in [1.29, 1.82) is 0 Å². The van der Waals surface area contributed by atoms with Crippen LogP contribution in [0.3, 0.4) is 0 Å². The molecule has 56 valence electrons. The summed E-state index contributed by atoms with van der Waals surface area (Å²) in [4.78, 5) is 4.58. The highest BCUT2D eigenvalue weighted by atomic mass is 16.6. The third kappa shape index (κ3) is 1.78. The lowest BCUT2D eigenvalue weighted by molar-refractivity contribution is 0.0803. The van der Waals surface area contributed by atoms with Crippen molar-refractivity contribution >= 4 is 0 Å². The summed E-state index contributed by atoms with van der Waals surface area (Å²) in [5.74, 6) is 1.09. The summed E-state index contributed by atoms with van der Waals surface area (Å²) in [6, 6.07) is 0. The molecule has 10 heavy (non-hydrogen) atoms. The summed E-state index contributed by atoms with van der Waals surface area (Å²) in [5, 5.41) is 7.35. The van der Waals surface area contributed by atoms with Crippen molar-refractivity contribution in [3.63, 3.8) is 0 Å². The first-order valence-corrected chi connectivity index (χ1v) is 2.87. The standard InChI is InChI=1S/C5H9N3O2/c1-4-7-8-5(10-4)3-6-9-2/h6H,3H2,1-2H3. The Bertz CT molecular complexity index is 199. The van der Waals surface area contributed by atoms with E-state index in [1.807, 2.05) is 0 Å². The predicted molar refractivity (Wildman–Crippen MR) is 32.9 cm³/mol. The first-order chi connectivity index (χ1) is 4.83. The van der Waals surface area contributed by atoms with Crippen LogP contribution in [0.15, 0.2) is 4.42 Å². The van der Waals surface area contributed by atoms with Crippen LogP contribution in [0, 0.1) is 6.92 Å². The van der Waals surface area contributed by atoms with Crippen LogP contribution in [0.2, 0.25) is 0 Å². The Hall–Kier alpha value is -0.940. The number of hydrogen-bond donors (Lipinski definition) is 1. The normalized spacial score (nSPS) is 10.2. The van der Waals surface area contributed by atoms with E-state index in [0.717, 1.165) is 0 Å². The molecular formula is C5H9N3O2. The molecule has 0 aliphatic carbocycles. The van der Waals surface area contributed by atoms with Crippen LogP contribution in [0.1, 0.15) is 11.8 Å². The van der Waals surface area contributed by atoms with Crippen LogP contribution in [0.25, 0.3) is 0 Å². The molecule has 1 aromatic heterocycles. The SMILES string of the molecule is CONCc1nnc(C)o1. The summed E-state index contributed by atoms with van der Waals surface area (Å²) in [6.07, 6.45) is 0. The van der Waals surface area contributed by atoms with Crippen LogP contribution in [0.4, 0.5) is 0 Å². The average molecular weight is 143 g/mol. The van der Waals surface area contributed by atoms with Gasteiger partial charge in [0, 0.05) is 6.92 Å². The molecular weight excluding hydrogens is 134 g/mol. The van der Waals surface area contributed by atoms with Gasteiger partial charge in [-0.2, -0.15) is 5.48 Å². The fourth-order valence-electron chi connectivity index (χ4n) is 0.543. The molecule has 0 unspecified atom stereocenters. The van der Waals surface area contributed by atoms with Gasteiger partial charge >= 0.3 is 0 Å². The third-order valence-corrected chi connectivity index (χ3v) is 0.936. The molecule has 1 N–H and O–H groups in total. The molecule has 0 saturated heterocycles. The van der Waals surface area contributed by atoms with Crippen LogP contribution >= 0.6 is 0 Å². The summed E-state index contributed by atoms with van der Waals surface area (Å²) < 4.78 is 5.02. The van der Waals surface area contributed by atoms with Gasteiger partial charge in [-0.1, -0.05) is 0 Å². The topological polar surface area (TPSA) is 60.2 Å². The van der Waals surface area contributed by atoms with Crippen LogP contribution in [0.5, 0.6) is 0 Å². The van der Waals surface area contributed by atoms with E-state index in [2.05, 4.69) is 20.5 Å². The zero-order valence-corrected chi connectivity index (χ0v) is 5.92. The predicted octanol–water partition coefficient (Wildman–Crippen LogP) is 0.0290. The van der Waals surface area contributed by atoms with Crippen molar-refractivity contribution in [2.45, 2.75) is 13.5 Å². The zero-order chi connectivity index (χ0) is 7.40. The van der Waals surface area contributed by atoms with Crippen molar-refractivity contribution < 1.29 is 9.25 Å². The van der Waals surface area contributed by atoms with Gasteiger partial charge in [-0.25, -0.2) is 0 Å². The van der Waals surface area contributed by atoms with Gasteiger partial charge in [-0.15, -0.1) is 10.2 Å². The number of hydrogen-bond acceptors (Lipinski definition) is 5. The van der Waals surface area contributed by atoms with E-state index in [1.54, 1.807) is 6.92 Å². The van der Waals surface area contributed by atoms with E-state index in [-0.39, 0.29) is 0 Å². The van der Waals surface area contributed by atoms with E-state index >= 15 is 0 Å². The molecule has 0 radical (unpaired) electrons. The van der Waals surface area contributed by atoms with Crippen LogP contribution < -0.4 is 5.48 Å². The summed E-state index contributed by atoms with van der Waals surface area (Å²) >= 11 is 0. The van der Waals surface area contributed by atoms with Crippen molar-refractivity contribution in [2.75, 3.05) is 7.11 Å². The molecule has 0 spiro atoms. The van der Waals surface area contributed by atoms with Crippen molar-refractivity contribution in [3.05, 3.63) is 11.8 Å². The maximum absolute atomic E-state index is 5.02. The molecule has 1 aromatic rings. The Morgan fingerprint density at radius 2 is 2.40 bits per heavy atom. The van der Waals surface area contributed by atoms with Gasteiger partial charge in [0.1, 0.15) is 0 Å². The zero-order valence-electron chi connectivity index (χ0n) is 5.92. The first-order valence-electron chi connectivity index (χ1n) is 2.87. The molecule has 0 bridgehead atoms. The van der Waals surface area contributed by atoms with E-state index in [9.17, 15) is 0 Å². The molecule has 0 saturated carbocycles. The number of nitrogens with one attached hydrogen (secondary N) is 1. The van der Waals surface area contributed by atoms with Crippen molar-refractivity contribution in [2.24, 2.45) is 0 Å². The van der Waals surface area contributed by atoms with Gasteiger partial charge in [0.2, 0.25) is 11.8 Å². The number of aryl methyl sites for hydroxylation is 1. The molecule has 5 heteroatoms. The van der Waals surface area contributed by atoms with E-state index in [1.165, 1.54) is 7.11 Å². The van der Waals surface area contributed by atoms with E-state index in [0.29, 0.717) is 18.3 Å². The van der Waals surface area contributed by atoms with Gasteiger partial charge in [0.05, 0.1) is 13.7 Å². The quantitative estimate of drug-likeness (QED) is 0.605. The molecule has 0 aliphatic heterocycles. The highest BCUT2D eigenvalue weighted by molar-refractivity contribution is 4.76. The van der Waals surface area contributed by atoms with Crippen LogP contribution in [-0.2, 0) is 11.4 Å². The minimum Gasteiger partial charge on any atom is -0.424 e. The molecule has 0 aliphatic rings. The molecule has 0 atom stereocenters. The highest BCUT2D eigenvalue weighted by Gasteiger charge is 1.98. The van der Waals surface area contributed by atoms with Gasteiger partial charge < -0.3 is 9.25 Å². The fourth-order valence-corrected chi connectivity index (χ4v) is 0.543. The lowest BCUT2D eigenvalue weighted by Crippen LogP contribution is -2.10. The molecule has 1 rings (SSSR count). The maximum atomic E-state index is 5.02. The lowest BCUT2D eigenvalue weighted by Gasteiger charge is -1.93. The molecule has 1 heterocycles. The highest BCUT2D eigenvalue weighted by Crippen LogP contribution is 1.95. The number of hydroxylamine groups is 1. The van der Waals surface area contributed by atoms with E-state index in [4.69, 9.17) is 4.42 Å². The Morgan fingerprint density at radius 3 is 2.90 bits per heavy atom. The van der Waals surface area contributed by atoms with Gasteiger partial charge in [0.25, 0.3) is 0 Å². The average Bonchev–Trinajstić information content (AvgIpc) is 2.31. The fraction of sp³-hybridized carbons (Fsp3) is 0.600. The minimum atomic E-state index is 0.442. The Balaban J connectivity index is 2.42. The smallest absolute Gasteiger partial charge is 0.232 e. The Labute approximate surface area is 58.3 Å². The van der Waals surface area contributed by atoms with Crippen molar-refractivity contribution in [1.82, 2.24) is 15.7 Å². The largest absolute Gasteiger partial charge is 0.424 e. The Morgan fingerprint density at radius 1 is 1.60 bits per heavy atom. The summed E-state index contributed by atoms with van der Waals surface area (Å²) in [6.45, 7) is 2.18. The second-order valence-corrected chi connectivity index (χ2v) is 1.74. The molecule has 0 amide bonds. The van der Waals surface area contributed by atoms with E-state index < -0.39 is 0 Å². The Kier molecular flexibility index (Phi) is 2.35. The number of nitrogens with zero attached hydrogens (tertiary/aromatic N) is 2. The second-order valence-electron chi connectivity index (χ2n) is 1.74. The summed E-state index contributed by atoms with van der Waals surface area (Å²) in [5.41, 5.74) is 2.58. The van der Waals surface area contributed by atoms with Crippen LogP contribution in [-0.4, -0.2) is 17.3 Å². The number of aromatic nitrogens is 2. The lowest BCUT2D eigenvalue weighted by atomic mass is 10.7. The third-order valence-electron chi connectivity index (χ3n) is 0.936. The number of rotatable bonds is 3. The van der Waals surface area contributed by atoms with Gasteiger partial charge in [-0.3, -0.25) is 0 Å². The van der Waals surface area contributed by atoms with Gasteiger partial charge in [0.15, 0.2) is 0 Å². The summed E-state index contributed by atoms with van der Waals surface area (Å²) in [7, 11) is 1.53.